The minimum atomic E-state index is -1.56. The van der Waals surface area contributed by atoms with Gasteiger partial charge in [0.25, 0.3) is 0 Å². The van der Waals surface area contributed by atoms with E-state index in [4.69, 9.17) is 9.76 Å². The van der Waals surface area contributed by atoms with Crippen molar-refractivity contribution in [2.45, 2.75) is 18.8 Å². The van der Waals surface area contributed by atoms with E-state index in [-0.39, 0.29) is 12.2 Å². The lowest BCUT2D eigenvalue weighted by Gasteiger charge is -2.29. The summed E-state index contributed by atoms with van der Waals surface area (Å²) in [4.78, 5) is 33.9. The van der Waals surface area contributed by atoms with Crippen LogP contribution in [0, 0.1) is 5.82 Å². The SMILES string of the molecule is CNC(=O)CC(=O)NC1Cc2ccc(F)c(C(=O)O)c2OB1O. The summed E-state index contributed by atoms with van der Waals surface area (Å²) >= 11 is 0. The van der Waals surface area contributed by atoms with E-state index in [0.717, 1.165) is 6.07 Å². The number of benzene rings is 1. The summed E-state index contributed by atoms with van der Waals surface area (Å²) in [6.45, 7) is 0. The summed E-state index contributed by atoms with van der Waals surface area (Å²) < 4.78 is 18.7. The van der Waals surface area contributed by atoms with Gasteiger partial charge in [0, 0.05) is 7.05 Å². The van der Waals surface area contributed by atoms with Crippen molar-refractivity contribution < 1.29 is 33.6 Å². The maximum atomic E-state index is 13.6. The third kappa shape index (κ3) is 3.59. The van der Waals surface area contributed by atoms with E-state index in [1.807, 2.05) is 0 Å². The zero-order chi connectivity index (χ0) is 17.1. The van der Waals surface area contributed by atoms with E-state index in [0.29, 0.717) is 5.56 Å². The summed E-state index contributed by atoms with van der Waals surface area (Å²) in [5.74, 6) is -4.77. The number of halogens is 1. The van der Waals surface area contributed by atoms with Gasteiger partial charge in [0.05, 0.1) is 5.94 Å². The van der Waals surface area contributed by atoms with Gasteiger partial charge in [0.1, 0.15) is 23.6 Å². The monoisotopic (exact) mass is 324 g/mol. The maximum absolute atomic E-state index is 13.6. The smallest absolute Gasteiger partial charge is 0.534 e. The molecule has 122 valence electrons. The number of carboxylic acids is 1. The van der Waals surface area contributed by atoms with E-state index in [9.17, 15) is 23.8 Å². The molecule has 0 bridgehead atoms. The minimum Gasteiger partial charge on any atom is -0.534 e. The van der Waals surface area contributed by atoms with E-state index in [1.165, 1.54) is 13.1 Å². The van der Waals surface area contributed by atoms with Gasteiger partial charge in [-0.1, -0.05) is 6.07 Å². The van der Waals surface area contributed by atoms with Crippen molar-refractivity contribution in [3.63, 3.8) is 0 Å². The molecule has 0 radical (unpaired) electrons. The molecule has 23 heavy (non-hydrogen) atoms. The van der Waals surface area contributed by atoms with Gasteiger partial charge < -0.3 is 25.4 Å². The highest BCUT2D eigenvalue weighted by Gasteiger charge is 2.38. The van der Waals surface area contributed by atoms with Crippen LogP contribution in [0.3, 0.4) is 0 Å². The highest BCUT2D eigenvalue weighted by molar-refractivity contribution is 6.47. The number of rotatable bonds is 4. The first-order chi connectivity index (χ1) is 10.8. The second-order valence-corrected chi connectivity index (χ2v) is 4.95. The molecule has 4 N–H and O–H groups in total. The highest BCUT2D eigenvalue weighted by atomic mass is 19.1. The fourth-order valence-electron chi connectivity index (χ4n) is 2.25. The number of hydrogen-bond acceptors (Lipinski definition) is 5. The number of carboxylic acid groups (broad SMARTS) is 1. The first-order valence-electron chi connectivity index (χ1n) is 6.72. The normalized spacial score (nSPS) is 16.1. The Morgan fingerprint density at radius 2 is 2.09 bits per heavy atom. The molecule has 10 heteroatoms. The van der Waals surface area contributed by atoms with E-state index in [1.54, 1.807) is 0 Å². The Hall–Kier alpha value is -2.62. The zero-order valence-electron chi connectivity index (χ0n) is 12.1. The quantitative estimate of drug-likeness (QED) is 0.420. The Kier molecular flexibility index (Phi) is 4.84. The van der Waals surface area contributed by atoms with Crippen molar-refractivity contribution in [2.75, 3.05) is 7.05 Å². The van der Waals surface area contributed by atoms with Gasteiger partial charge >= 0.3 is 13.1 Å². The van der Waals surface area contributed by atoms with Crippen LogP contribution in [0.1, 0.15) is 22.3 Å². The molecule has 1 aromatic rings. The molecule has 0 aliphatic carbocycles. The number of aromatic carboxylic acids is 1. The lowest BCUT2D eigenvalue weighted by atomic mass is 9.72. The molecular formula is C13H14BFN2O6. The third-order valence-electron chi connectivity index (χ3n) is 3.37. The van der Waals surface area contributed by atoms with E-state index >= 15 is 0 Å². The molecule has 1 unspecified atom stereocenters. The highest BCUT2D eigenvalue weighted by Crippen LogP contribution is 2.31. The summed E-state index contributed by atoms with van der Waals surface area (Å²) in [5, 5.41) is 23.6. The Morgan fingerprint density at radius 3 is 2.70 bits per heavy atom. The van der Waals surface area contributed by atoms with Crippen LogP contribution in [0.25, 0.3) is 0 Å². The Balaban J connectivity index is 2.18. The van der Waals surface area contributed by atoms with Gasteiger partial charge in [-0.25, -0.2) is 9.18 Å². The standard InChI is InChI=1S/C13H14BFN2O6/c1-16-9(18)5-10(19)17-8-4-6-2-3-7(15)11(13(20)21)12(6)23-14(8)22/h2-3,8,22H,4-5H2,1H3,(H,16,18)(H,17,19)(H,20,21). The molecule has 2 rings (SSSR count). The van der Waals surface area contributed by atoms with Gasteiger partial charge in [-0.15, -0.1) is 0 Å². The number of nitrogens with one attached hydrogen (secondary N) is 2. The van der Waals surface area contributed by atoms with Crippen molar-refractivity contribution in [2.24, 2.45) is 0 Å². The Labute approximate surface area is 130 Å². The predicted octanol–water partition coefficient (Wildman–Crippen LogP) is -0.901. The Morgan fingerprint density at radius 1 is 1.39 bits per heavy atom. The maximum Gasteiger partial charge on any atom is 0.547 e. The molecule has 2 amide bonds. The van der Waals surface area contributed by atoms with Gasteiger partial charge in [0.2, 0.25) is 11.8 Å². The van der Waals surface area contributed by atoms with Gasteiger partial charge in [0.15, 0.2) is 0 Å². The summed E-state index contributed by atoms with van der Waals surface area (Å²) in [6, 6.07) is 2.30. The fourth-order valence-corrected chi connectivity index (χ4v) is 2.25. The summed E-state index contributed by atoms with van der Waals surface area (Å²) in [7, 11) is -0.178. The average molecular weight is 324 g/mol. The van der Waals surface area contributed by atoms with Crippen LogP contribution in [-0.2, 0) is 16.0 Å². The van der Waals surface area contributed by atoms with Gasteiger partial charge in [-0.2, -0.15) is 0 Å². The van der Waals surface area contributed by atoms with Crippen LogP contribution < -0.4 is 15.3 Å². The van der Waals surface area contributed by atoms with Crippen molar-refractivity contribution in [1.29, 1.82) is 0 Å². The van der Waals surface area contributed by atoms with Crippen LogP contribution in [0.15, 0.2) is 12.1 Å². The van der Waals surface area contributed by atoms with Crippen molar-refractivity contribution >= 4 is 24.9 Å². The molecule has 0 fully saturated rings. The predicted molar refractivity (Wildman–Crippen MR) is 76.3 cm³/mol. The minimum absolute atomic E-state index is 0.0382. The van der Waals surface area contributed by atoms with Gasteiger partial charge in [-0.3, -0.25) is 9.59 Å². The average Bonchev–Trinajstić information content (AvgIpc) is 2.47. The first-order valence-corrected chi connectivity index (χ1v) is 6.72. The molecule has 0 saturated heterocycles. The van der Waals surface area contributed by atoms with Crippen LogP contribution in [0.2, 0.25) is 0 Å². The van der Waals surface area contributed by atoms with Gasteiger partial charge in [-0.05, 0) is 18.1 Å². The van der Waals surface area contributed by atoms with Crippen LogP contribution in [-0.4, -0.2) is 48.0 Å². The molecular weight excluding hydrogens is 310 g/mol. The lowest BCUT2D eigenvalue weighted by Crippen LogP contribution is -2.53. The first kappa shape index (κ1) is 16.8. The molecule has 0 saturated carbocycles. The molecule has 1 aliphatic heterocycles. The molecule has 1 aliphatic rings. The second-order valence-electron chi connectivity index (χ2n) is 4.95. The van der Waals surface area contributed by atoms with Crippen LogP contribution in [0.5, 0.6) is 5.75 Å². The van der Waals surface area contributed by atoms with E-state index in [2.05, 4.69) is 10.6 Å². The van der Waals surface area contributed by atoms with E-state index < -0.39 is 48.6 Å². The number of amides is 2. The molecule has 1 heterocycles. The van der Waals surface area contributed by atoms with Crippen molar-refractivity contribution in [3.05, 3.63) is 29.1 Å². The topological polar surface area (TPSA) is 125 Å². The van der Waals surface area contributed by atoms with Crippen LogP contribution in [0.4, 0.5) is 4.39 Å². The van der Waals surface area contributed by atoms with Crippen molar-refractivity contribution in [3.8, 4) is 5.75 Å². The second kappa shape index (κ2) is 6.65. The number of hydrogen-bond donors (Lipinski definition) is 4. The van der Waals surface area contributed by atoms with Crippen molar-refractivity contribution in [1.82, 2.24) is 10.6 Å². The largest absolute Gasteiger partial charge is 0.547 e. The molecule has 1 aromatic carbocycles. The number of fused-ring (bicyclic) bond motifs is 1. The molecule has 0 spiro atoms. The molecule has 1 atom stereocenters. The fraction of sp³-hybridized carbons (Fsp3) is 0.308. The number of carbonyl (C=O) groups is 3. The summed E-state index contributed by atoms with van der Waals surface area (Å²) in [5.41, 5.74) is -0.337. The zero-order valence-corrected chi connectivity index (χ0v) is 12.1. The third-order valence-corrected chi connectivity index (χ3v) is 3.37. The van der Waals surface area contributed by atoms with Crippen LogP contribution >= 0.6 is 0 Å². The lowest BCUT2D eigenvalue weighted by molar-refractivity contribution is -0.129. The summed E-state index contributed by atoms with van der Waals surface area (Å²) in [6.07, 6.45) is -0.382. The molecule has 0 aromatic heterocycles. The number of carbonyl (C=O) groups excluding carboxylic acids is 2. The molecule has 8 nitrogen and oxygen atoms in total. The Bertz CT molecular complexity index is 668.